The van der Waals surface area contributed by atoms with Gasteiger partial charge in [-0.1, -0.05) is 49.6 Å². The fraction of sp³-hybridized carbons (Fsp3) is 0.625. The van der Waals surface area contributed by atoms with Crippen LogP contribution in [-0.4, -0.2) is 28.4 Å². The highest BCUT2D eigenvalue weighted by atomic mass is 32.2. The van der Waals surface area contributed by atoms with Crippen molar-refractivity contribution in [3.63, 3.8) is 0 Å². The third-order valence-corrected chi connectivity index (χ3v) is 7.79. The number of ketones is 1. The molecule has 0 aromatic heterocycles. The predicted molar refractivity (Wildman–Crippen MR) is 116 cm³/mol. The summed E-state index contributed by atoms with van der Waals surface area (Å²) in [6, 6.07) is 11.6. The summed E-state index contributed by atoms with van der Waals surface area (Å²) in [5, 5.41) is 10.4. The molecule has 0 amide bonds. The van der Waals surface area contributed by atoms with E-state index in [0.717, 1.165) is 25.7 Å². The number of Topliss-reactive ketones (excluding diaryl/α,β-unsaturated/α-hetero) is 1. The highest BCUT2D eigenvalue weighted by Gasteiger charge is 2.59. The van der Waals surface area contributed by atoms with E-state index in [-0.39, 0.29) is 29.3 Å². The van der Waals surface area contributed by atoms with Gasteiger partial charge in [-0.15, -0.1) is 0 Å². The van der Waals surface area contributed by atoms with E-state index in [4.69, 9.17) is 4.74 Å². The highest BCUT2D eigenvalue weighted by molar-refractivity contribution is 8.00. The van der Waals surface area contributed by atoms with Crippen LogP contribution in [0, 0.1) is 28.6 Å². The van der Waals surface area contributed by atoms with Crippen molar-refractivity contribution in [3.05, 3.63) is 35.9 Å². The van der Waals surface area contributed by atoms with Crippen molar-refractivity contribution in [3.8, 4) is 6.07 Å². The van der Waals surface area contributed by atoms with Gasteiger partial charge in [-0.05, 0) is 45.3 Å². The standard InChI is InChI=1S/C24H31NO3S/c1-23(2,3)28-20(26)14-19-15-29-22(18-12-8-5-9-13-18)24(19,16-25)21(27)17-10-6-4-7-11-17/h4,6-7,10-11,18-19,22H,5,8-9,12-15H2,1-3H3/t19-,22+,24+/m1/s1. The molecule has 0 spiro atoms. The Morgan fingerprint density at radius 1 is 1.17 bits per heavy atom. The van der Waals surface area contributed by atoms with Crippen LogP contribution in [0.1, 0.15) is 69.7 Å². The summed E-state index contributed by atoms with van der Waals surface area (Å²) in [6.45, 7) is 5.52. The molecule has 1 aromatic carbocycles. The number of rotatable bonds is 5. The average Bonchev–Trinajstić information content (AvgIpc) is 3.06. The molecule has 1 saturated carbocycles. The minimum Gasteiger partial charge on any atom is -0.460 e. The van der Waals surface area contributed by atoms with Crippen LogP contribution in [0.4, 0.5) is 0 Å². The summed E-state index contributed by atoms with van der Waals surface area (Å²) in [5.74, 6) is 0.214. The second-order valence-electron chi connectivity index (χ2n) is 9.32. The maximum atomic E-state index is 13.7. The molecule has 1 aromatic rings. The maximum absolute atomic E-state index is 13.7. The number of thioether (sulfide) groups is 1. The zero-order valence-electron chi connectivity index (χ0n) is 17.6. The number of carbonyl (C=O) groups is 2. The van der Waals surface area contributed by atoms with E-state index in [0.29, 0.717) is 17.2 Å². The van der Waals surface area contributed by atoms with E-state index in [1.165, 1.54) is 6.42 Å². The van der Waals surface area contributed by atoms with E-state index >= 15 is 0 Å². The third-order valence-electron chi connectivity index (χ3n) is 6.08. The minimum absolute atomic E-state index is 0.0621. The Labute approximate surface area is 178 Å². The lowest BCUT2D eigenvalue weighted by atomic mass is 9.64. The van der Waals surface area contributed by atoms with Crippen molar-refractivity contribution in [2.45, 2.75) is 70.1 Å². The molecule has 1 saturated heterocycles. The maximum Gasteiger partial charge on any atom is 0.306 e. The predicted octanol–water partition coefficient (Wildman–Crippen LogP) is 5.42. The van der Waals surface area contributed by atoms with Crippen LogP contribution in [0.3, 0.4) is 0 Å². The van der Waals surface area contributed by atoms with Crippen molar-refractivity contribution >= 4 is 23.5 Å². The molecule has 5 heteroatoms. The quantitative estimate of drug-likeness (QED) is 0.476. The Bertz CT molecular complexity index is 774. The summed E-state index contributed by atoms with van der Waals surface area (Å²) >= 11 is 1.72. The topological polar surface area (TPSA) is 67.2 Å². The van der Waals surface area contributed by atoms with Crippen LogP contribution in [0.15, 0.2) is 30.3 Å². The molecule has 4 nitrogen and oxygen atoms in total. The summed E-state index contributed by atoms with van der Waals surface area (Å²) in [7, 11) is 0. The third kappa shape index (κ3) is 4.69. The molecule has 0 radical (unpaired) electrons. The summed E-state index contributed by atoms with van der Waals surface area (Å²) in [4.78, 5) is 26.4. The first-order valence-corrected chi connectivity index (χ1v) is 11.7. The number of esters is 1. The zero-order chi connectivity index (χ0) is 21.1. The van der Waals surface area contributed by atoms with Crippen molar-refractivity contribution in [2.75, 3.05) is 5.75 Å². The normalized spacial score (nSPS) is 27.9. The van der Waals surface area contributed by atoms with Gasteiger partial charge in [0.15, 0.2) is 5.78 Å². The van der Waals surface area contributed by atoms with Gasteiger partial charge < -0.3 is 4.74 Å². The number of nitriles is 1. The van der Waals surface area contributed by atoms with Gasteiger partial charge in [-0.3, -0.25) is 9.59 Å². The average molecular weight is 414 g/mol. The summed E-state index contributed by atoms with van der Waals surface area (Å²) in [5.41, 5.74) is -1.19. The Kier molecular flexibility index (Phi) is 6.73. The van der Waals surface area contributed by atoms with Crippen molar-refractivity contribution in [1.29, 1.82) is 5.26 Å². The summed E-state index contributed by atoms with van der Waals surface area (Å²) in [6.07, 6.45) is 5.75. The fourth-order valence-electron chi connectivity index (χ4n) is 4.81. The highest BCUT2D eigenvalue weighted by Crippen LogP contribution is 2.55. The fourth-order valence-corrected chi connectivity index (χ4v) is 6.79. The van der Waals surface area contributed by atoms with Crippen molar-refractivity contribution in [2.24, 2.45) is 17.3 Å². The first kappa shape index (κ1) is 21.9. The van der Waals surface area contributed by atoms with Crippen LogP contribution < -0.4 is 0 Å². The molecule has 1 heterocycles. The SMILES string of the molecule is CC(C)(C)OC(=O)C[C@@H]1CS[C@@H](C2CCCCC2)[C@]1(C#N)C(=O)c1ccccc1. The molecule has 3 rings (SSSR count). The Morgan fingerprint density at radius 3 is 2.41 bits per heavy atom. The second-order valence-corrected chi connectivity index (χ2v) is 10.5. The summed E-state index contributed by atoms with van der Waals surface area (Å²) < 4.78 is 5.53. The molecule has 0 unspecified atom stereocenters. The van der Waals surface area contributed by atoms with Gasteiger partial charge in [0.1, 0.15) is 11.0 Å². The van der Waals surface area contributed by atoms with Crippen LogP contribution in [0.25, 0.3) is 0 Å². The van der Waals surface area contributed by atoms with Gasteiger partial charge in [0.25, 0.3) is 0 Å². The van der Waals surface area contributed by atoms with Gasteiger partial charge in [0.2, 0.25) is 0 Å². The largest absolute Gasteiger partial charge is 0.460 e. The van der Waals surface area contributed by atoms with E-state index < -0.39 is 11.0 Å². The molecule has 3 atom stereocenters. The lowest BCUT2D eigenvalue weighted by Crippen LogP contribution is -2.46. The number of ether oxygens (including phenoxy) is 1. The van der Waals surface area contributed by atoms with Gasteiger partial charge in [-0.2, -0.15) is 17.0 Å². The second kappa shape index (κ2) is 8.92. The molecule has 1 aliphatic carbocycles. The van der Waals surface area contributed by atoms with Crippen LogP contribution >= 0.6 is 11.8 Å². The van der Waals surface area contributed by atoms with E-state index in [2.05, 4.69) is 6.07 Å². The molecule has 1 aliphatic heterocycles. The van der Waals surface area contributed by atoms with Gasteiger partial charge in [0.05, 0.1) is 12.5 Å². The number of benzene rings is 1. The van der Waals surface area contributed by atoms with E-state index in [1.807, 2.05) is 39.0 Å². The van der Waals surface area contributed by atoms with Crippen molar-refractivity contribution < 1.29 is 14.3 Å². The van der Waals surface area contributed by atoms with Gasteiger partial charge in [-0.25, -0.2) is 0 Å². The minimum atomic E-state index is -1.18. The van der Waals surface area contributed by atoms with Crippen molar-refractivity contribution in [1.82, 2.24) is 0 Å². The molecule has 2 fully saturated rings. The number of hydrogen-bond donors (Lipinski definition) is 0. The van der Waals surface area contributed by atoms with Gasteiger partial charge >= 0.3 is 5.97 Å². The smallest absolute Gasteiger partial charge is 0.306 e. The monoisotopic (exact) mass is 413 g/mol. The van der Waals surface area contributed by atoms with E-state index in [9.17, 15) is 14.9 Å². The number of nitrogens with zero attached hydrogens (tertiary/aromatic N) is 1. The number of hydrogen-bond acceptors (Lipinski definition) is 5. The van der Waals surface area contributed by atoms with E-state index in [1.54, 1.807) is 23.9 Å². The molecule has 29 heavy (non-hydrogen) atoms. The van der Waals surface area contributed by atoms with Crippen LogP contribution in [-0.2, 0) is 9.53 Å². The molecule has 2 aliphatic rings. The van der Waals surface area contributed by atoms with Crippen LogP contribution in [0.5, 0.6) is 0 Å². The van der Waals surface area contributed by atoms with Gasteiger partial charge in [0, 0.05) is 16.7 Å². The molecule has 0 bridgehead atoms. The van der Waals surface area contributed by atoms with Crippen LogP contribution in [0.2, 0.25) is 0 Å². The molecule has 0 N–H and O–H groups in total. The Balaban J connectivity index is 1.95. The lowest BCUT2D eigenvalue weighted by molar-refractivity contribution is -0.156. The Hall–Kier alpha value is -1.80. The molecular weight excluding hydrogens is 382 g/mol. The number of carbonyl (C=O) groups excluding carboxylic acids is 2. The molecular formula is C24H31NO3S. The Morgan fingerprint density at radius 2 is 1.83 bits per heavy atom. The first-order chi connectivity index (χ1) is 13.8. The lowest BCUT2D eigenvalue weighted by Gasteiger charge is -2.37. The molecule has 156 valence electrons. The zero-order valence-corrected chi connectivity index (χ0v) is 18.5. The first-order valence-electron chi connectivity index (χ1n) is 10.6.